The van der Waals surface area contributed by atoms with E-state index >= 15 is 0 Å². The molecule has 0 aromatic carbocycles. The molecule has 19 nitrogen and oxygen atoms in total. The Morgan fingerprint density at radius 3 is 1.55 bits per heavy atom. The summed E-state index contributed by atoms with van der Waals surface area (Å²) >= 11 is 9.94. The number of aromatic nitrogens is 3. The molecule has 0 radical (unpaired) electrons. The number of pyridine rings is 3. The smallest absolute Gasteiger partial charge is 0.331 e. The van der Waals surface area contributed by atoms with Crippen molar-refractivity contribution in [3.63, 3.8) is 0 Å². The molecular weight excluding hydrogens is 934 g/mol. The largest absolute Gasteiger partial charge is 0.480 e. The Morgan fingerprint density at radius 2 is 1.12 bits per heavy atom. The Kier molecular flexibility index (Phi) is 18.1. The van der Waals surface area contributed by atoms with Crippen molar-refractivity contribution in [2.24, 2.45) is 15.0 Å². The van der Waals surface area contributed by atoms with Crippen LogP contribution in [0.25, 0.3) is 0 Å². The Hall–Kier alpha value is -4.71. The van der Waals surface area contributed by atoms with Gasteiger partial charge in [-0.15, -0.1) is 0 Å². The maximum Gasteiger partial charge on any atom is 0.331 e. The molecule has 0 saturated heterocycles. The molecule has 302 valence electrons. The third-order valence-electron chi connectivity index (χ3n) is 6.98. The molecule has 0 spiro atoms. The predicted octanol–water partition coefficient (Wildman–Crippen LogP) is 4.78. The lowest BCUT2D eigenvalue weighted by molar-refractivity contribution is -0.140. The Morgan fingerprint density at radius 1 is 0.679 bits per heavy atom. The first kappa shape index (κ1) is 45.7. The van der Waals surface area contributed by atoms with Gasteiger partial charge in [-0.1, -0.05) is 14.9 Å². The van der Waals surface area contributed by atoms with Crippen molar-refractivity contribution in [2.75, 3.05) is 41.2 Å². The standard InChI is InChI=1S/C13H12BrN3O3.C10H10BrN3O4.C9H10BrN3O3.2CH4/c1-18-13-8(14)4-5-9(16-13)12-15-10(7-20-17-12)11-3-2-6-19-11;1-17-9-5(11)2-3-6(13-9)8-12-7(10(15)16)4-18-14-8;1-15-9-5(10)2-3-6(11-9)8-12-7(14)4-16-13-8;;/h2-6,10H,7H2,1H3,(H,15,17);2-3,7H,4H2,1H3,(H,12,14)(H,15,16);2-3,7,14H,4H2,1H3,(H,12,13);2*1H4. The molecule has 3 atom stereocenters. The number of aliphatic carboxylic acids is 1. The molecule has 22 heteroatoms. The van der Waals surface area contributed by atoms with Crippen molar-refractivity contribution in [2.45, 2.75) is 33.2 Å². The van der Waals surface area contributed by atoms with Gasteiger partial charge in [0.05, 0.1) is 41.0 Å². The van der Waals surface area contributed by atoms with E-state index < -0.39 is 18.2 Å². The first-order valence-electron chi connectivity index (χ1n) is 15.5. The highest BCUT2D eigenvalue weighted by Gasteiger charge is 2.24. The van der Waals surface area contributed by atoms with Gasteiger partial charge in [0.2, 0.25) is 17.6 Å². The fourth-order valence-corrected chi connectivity index (χ4v) is 5.57. The fourth-order valence-electron chi connectivity index (χ4n) is 4.42. The highest BCUT2D eigenvalue weighted by molar-refractivity contribution is 9.11. The fraction of sp³-hybridized carbons (Fsp3) is 0.324. The van der Waals surface area contributed by atoms with Crippen LogP contribution in [-0.4, -0.2) is 102 Å². The number of hydrogen-bond acceptors (Lipinski definition) is 18. The van der Waals surface area contributed by atoms with Crippen LogP contribution < -0.4 is 30.7 Å². The Balaban J connectivity index is 0.000000223. The zero-order valence-corrected chi connectivity index (χ0v) is 33.3. The normalized spacial score (nSPS) is 18.3. The first-order chi connectivity index (χ1) is 26.1. The lowest BCUT2D eigenvalue weighted by atomic mass is 10.2. The van der Waals surface area contributed by atoms with Gasteiger partial charge >= 0.3 is 5.97 Å². The minimum atomic E-state index is -1.04. The number of aliphatic hydroxyl groups is 1. The summed E-state index contributed by atoms with van der Waals surface area (Å²) < 4.78 is 22.9. The number of amidine groups is 3. The predicted molar refractivity (Wildman–Crippen MR) is 215 cm³/mol. The first-order valence-corrected chi connectivity index (χ1v) is 17.9. The van der Waals surface area contributed by atoms with Gasteiger partial charge in [-0.2, -0.15) is 0 Å². The van der Waals surface area contributed by atoms with Crippen LogP contribution in [0.2, 0.25) is 0 Å². The van der Waals surface area contributed by atoms with E-state index in [1.165, 1.54) is 14.2 Å². The quantitative estimate of drug-likeness (QED) is 0.160. The number of carboxylic acid groups (broad SMARTS) is 1. The van der Waals surface area contributed by atoms with E-state index in [0.717, 1.165) is 14.7 Å². The molecule has 0 saturated carbocycles. The highest BCUT2D eigenvalue weighted by atomic mass is 79.9. The molecule has 0 fully saturated rings. The molecule has 7 rings (SSSR count). The topological polar surface area (TPSA) is 238 Å². The van der Waals surface area contributed by atoms with Crippen molar-refractivity contribution in [3.8, 4) is 17.6 Å². The van der Waals surface area contributed by atoms with Crippen molar-refractivity contribution in [1.29, 1.82) is 0 Å². The SMILES string of the molecule is C.C.COc1nc(C2=NC(C(=O)O)CON2)ccc1Br.COc1nc(C2=NC(O)CON2)ccc1Br.COc1nc(C2=NC(c3ccco3)CON2)ccc1Br. The number of nitrogens with zero attached hydrogens (tertiary/aromatic N) is 6. The summed E-state index contributed by atoms with van der Waals surface area (Å²) in [6, 6.07) is 13.2. The van der Waals surface area contributed by atoms with E-state index in [0.29, 0.717) is 57.5 Å². The van der Waals surface area contributed by atoms with Gasteiger partial charge < -0.3 is 28.8 Å². The molecule has 3 aliphatic rings. The summed E-state index contributed by atoms with van der Waals surface area (Å²) in [6.07, 6.45) is 0.751. The maximum absolute atomic E-state index is 10.8. The summed E-state index contributed by atoms with van der Waals surface area (Å²) in [5.41, 5.74) is 9.54. The summed E-state index contributed by atoms with van der Waals surface area (Å²) in [5, 5.41) is 18.2. The van der Waals surface area contributed by atoms with Crippen LogP contribution in [0.1, 0.15) is 43.7 Å². The van der Waals surface area contributed by atoms with E-state index in [9.17, 15) is 9.90 Å². The average Bonchev–Trinajstić information content (AvgIpc) is 3.75. The zero-order chi connectivity index (χ0) is 38.6. The molecule has 3 unspecified atom stereocenters. The number of hydroxylamine groups is 3. The zero-order valence-electron chi connectivity index (χ0n) is 28.5. The average molecular weight is 974 g/mol. The van der Waals surface area contributed by atoms with Crippen molar-refractivity contribution < 1.29 is 48.1 Å². The third kappa shape index (κ3) is 12.1. The van der Waals surface area contributed by atoms with Crippen LogP contribution >= 0.6 is 47.8 Å². The second-order valence-corrected chi connectivity index (χ2v) is 13.2. The monoisotopic (exact) mass is 971 g/mol. The Bertz CT molecular complexity index is 2000. The number of carboxylic acids is 1. The molecule has 56 heavy (non-hydrogen) atoms. The number of nitrogens with one attached hydrogen (secondary N) is 3. The van der Waals surface area contributed by atoms with E-state index in [1.807, 2.05) is 24.3 Å². The van der Waals surface area contributed by atoms with Gasteiger partial charge in [-0.05, 0) is 96.3 Å². The summed E-state index contributed by atoms with van der Waals surface area (Å²) in [4.78, 5) is 51.3. The van der Waals surface area contributed by atoms with E-state index in [-0.39, 0.29) is 39.9 Å². The van der Waals surface area contributed by atoms with Gasteiger partial charge in [-0.3, -0.25) is 19.5 Å². The van der Waals surface area contributed by atoms with Gasteiger partial charge in [-0.25, -0.2) is 46.2 Å². The number of ether oxygens (including phenoxy) is 3. The van der Waals surface area contributed by atoms with Crippen LogP contribution in [0.5, 0.6) is 17.6 Å². The van der Waals surface area contributed by atoms with E-state index in [4.69, 9.17) is 38.2 Å². The number of aliphatic imine (C=N–C) groups is 3. The molecule has 0 bridgehead atoms. The number of methoxy groups -OCH3 is 3. The van der Waals surface area contributed by atoms with Gasteiger partial charge in [0.25, 0.3) is 0 Å². The van der Waals surface area contributed by atoms with E-state index in [2.05, 4.69) is 94.2 Å². The van der Waals surface area contributed by atoms with Gasteiger partial charge in [0.15, 0.2) is 29.8 Å². The highest BCUT2D eigenvalue weighted by Crippen LogP contribution is 2.26. The van der Waals surface area contributed by atoms with Crippen molar-refractivity contribution in [1.82, 2.24) is 31.4 Å². The second-order valence-electron chi connectivity index (χ2n) is 10.6. The van der Waals surface area contributed by atoms with Crippen LogP contribution in [0.15, 0.2) is 87.6 Å². The molecule has 5 N–H and O–H groups in total. The molecule has 3 aliphatic heterocycles. The second kappa shape index (κ2) is 22.1. The number of carbonyl (C=O) groups is 1. The summed E-state index contributed by atoms with van der Waals surface area (Å²) in [7, 11) is 4.58. The number of hydrogen-bond donors (Lipinski definition) is 5. The third-order valence-corrected chi connectivity index (χ3v) is 8.79. The summed E-state index contributed by atoms with van der Waals surface area (Å²) in [6.45, 7) is 0.508. The summed E-state index contributed by atoms with van der Waals surface area (Å²) in [5.74, 6) is 2.22. The minimum absolute atomic E-state index is 0. The van der Waals surface area contributed by atoms with Crippen LogP contribution in [-0.2, 0) is 19.3 Å². The minimum Gasteiger partial charge on any atom is -0.480 e. The lowest BCUT2D eigenvalue weighted by Gasteiger charge is -2.20. The number of furan rings is 1. The molecule has 4 aromatic rings. The van der Waals surface area contributed by atoms with Crippen LogP contribution in [0.3, 0.4) is 0 Å². The molecule has 0 aliphatic carbocycles. The van der Waals surface area contributed by atoms with Gasteiger partial charge in [0, 0.05) is 0 Å². The number of halogens is 3. The van der Waals surface area contributed by atoms with Gasteiger partial charge in [0.1, 0.15) is 48.7 Å². The lowest BCUT2D eigenvalue weighted by Crippen LogP contribution is -2.39. The number of aliphatic hydroxyl groups excluding tert-OH is 1. The Labute approximate surface area is 347 Å². The molecule has 0 amide bonds. The van der Waals surface area contributed by atoms with E-state index in [1.54, 1.807) is 37.6 Å². The van der Waals surface area contributed by atoms with Crippen molar-refractivity contribution >= 4 is 71.3 Å². The molecule has 4 aromatic heterocycles. The number of rotatable bonds is 8. The maximum atomic E-state index is 10.8. The molecular formula is C34H40Br3N9O10. The van der Waals surface area contributed by atoms with Crippen molar-refractivity contribution in [3.05, 3.63) is 91.1 Å². The molecule has 7 heterocycles. The van der Waals surface area contributed by atoms with Crippen LogP contribution in [0.4, 0.5) is 0 Å². The van der Waals surface area contributed by atoms with Crippen LogP contribution in [0, 0.1) is 0 Å².